The van der Waals surface area contributed by atoms with E-state index in [2.05, 4.69) is 38.2 Å². The van der Waals surface area contributed by atoms with Crippen LogP contribution in [0.5, 0.6) is 0 Å². The molecule has 1 nitrogen and oxygen atoms in total. The van der Waals surface area contributed by atoms with Gasteiger partial charge in [0.05, 0.1) is 0 Å². The van der Waals surface area contributed by atoms with E-state index in [1.165, 1.54) is 0 Å². The van der Waals surface area contributed by atoms with Gasteiger partial charge in [-0.15, -0.1) is 0 Å². The lowest BCUT2D eigenvalue weighted by Crippen LogP contribution is -2.04. The molecule has 0 spiro atoms. The molecule has 0 saturated heterocycles. The Bertz CT molecular complexity index is 139. The van der Waals surface area contributed by atoms with Crippen molar-refractivity contribution in [3.63, 3.8) is 0 Å². The second kappa shape index (κ2) is 2.69. The van der Waals surface area contributed by atoms with Crippen molar-refractivity contribution in [2.24, 2.45) is 0 Å². The molecule has 8 heavy (non-hydrogen) atoms. The molecule has 0 radical (unpaired) electrons. The van der Waals surface area contributed by atoms with Gasteiger partial charge in [-0.1, -0.05) is 15.9 Å². The van der Waals surface area contributed by atoms with Crippen molar-refractivity contribution in [3.05, 3.63) is 22.8 Å². The number of hydrogen-bond acceptors (Lipinski definition) is 1. The molecule has 1 heterocycles. The predicted molar refractivity (Wildman–Crippen MR) is 41.8 cm³/mol. The van der Waals surface area contributed by atoms with Gasteiger partial charge in [0, 0.05) is 33.4 Å². The summed E-state index contributed by atoms with van der Waals surface area (Å²) in [6.45, 7) is 0.928. The van der Waals surface area contributed by atoms with E-state index in [0.717, 1.165) is 11.0 Å². The van der Waals surface area contributed by atoms with E-state index < -0.39 is 0 Å². The summed E-state index contributed by atoms with van der Waals surface area (Å²) in [7, 11) is 0. The molecule has 0 aromatic heterocycles. The Balaban J connectivity index is 2.58. The summed E-state index contributed by atoms with van der Waals surface area (Å²) in [6.07, 6.45) is 6.02. The molecule has 0 saturated carbocycles. The van der Waals surface area contributed by atoms with Crippen LogP contribution in [0.25, 0.3) is 0 Å². The summed E-state index contributed by atoms with van der Waals surface area (Å²) in [5.41, 5.74) is 0. The Morgan fingerprint density at radius 1 is 1.62 bits per heavy atom. The maximum absolute atomic E-state index is 3.34. The minimum absolute atomic E-state index is 0.928. The van der Waals surface area contributed by atoms with Crippen molar-refractivity contribution < 1.29 is 0 Å². The number of nitrogens with zero attached hydrogens (tertiary/aromatic N) is 1. The molecule has 0 aromatic rings. The van der Waals surface area contributed by atoms with Gasteiger partial charge in [-0.25, -0.2) is 0 Å². The molecule has 0 aromatic carbocycles. The lowest BCUT2D eigenvalue weighted by atomic mass is 10.4. The van der Waals surface area contributed by atoms with E-state index in [1.807, 2.05) is 16.2 Å². The van der Waals surface area contributed by atoms with Crippen LogP contribution in [0.3, 0.4) is 0 Å². The molecule has 3 heteroatoms. The van der Waals surface area contributed by atoms with E-state index in [0.29, 0.717) is 0 Å². The number of rotatable bonds is 0. The average Bonchev–Trinajstić information content (AvgIpc) is 1.77. The van der Waals surface area contributed by atoms with Gasteiger partial charge in [-0.3, -0.25) is 0 Å². The van der Waals surface area contributed by atoms with Crippen LogP contribution in [-0.4, -0.2) is 10.5 Å². The first-order chi connectivity index (χ1) is 3.79. The van der Waals surface area contributed by atoms with Crippen LogP contribution in [-0.2, 0) is 0 Å². The summed E-state index contributed by atoms with van der Waals surface area (Å²) < 4.78 is 3.07. The number of halogens is 2. The van der Waals surface area contributed by atoms with Gasteiger partial charge in [0.15, 0.2) is 0 Å². The molecule has 0 aliphatic carbocycles. The summed E-state index contributed by atoms with van der Waals surface area (Å²) in [5.74, 6) is 0. The largest absolute Gasteiger partial charge is 0.312 e. The molecule has 44 valence electrons. The van der Waals surface area contributed by atoms with Crippen LogP contribution >= 0.6 is 32.1 Å². The zero-order chi connectivity index (χ0) is 5.98. The standard InChI is InChI=1S/C5H5Br2N/c6-5-1-3-8(7)4-2-5/h1-3H,4H2. The molecule has 0 atom stereocenters. The van der Waals surface area contributed by atoms with Crippen LogP contribution in [0.4, 0.5) is 0 Å². The van der Waals surface area contributed by atoms with Crippen LogP contribution in [0.2, 0.25) is 0 Å². The smallest absolute Gasteiger partial charge is 0.0494 e. The third-order valence-electron chi connectivity index (χ3n) is 0.856. The molecule has 0 bridgehead atoms. The zero-order valence-electron chi connectivity index (χ0n) is 4.14. The fraction of sp³-hybridized carbons (Fsp3) is 0.200. The molecule has 0 fully saturated rings. The van der Waals surface area contributed by atoms with E-state index in [9.17, 15) is 0 Å². The summed E-state index contributed by atoms with van der Waals surface area (Å²) in [6, 6.07) is 0. The maximum Gasteiger partial charge on any atom is 0.0494 e. The normalized spacial score (nSPS) is 18.8. The Labute approximate surface area is 65.5 Å². The highest BCUT2D eigenvalue weighted by Gasteiger charge is 1.95. The van der Waals surface area contributed by atoms with Crippen molar-refractivity contribution in [1.82, 2.24) is 3.93 Å². The van der Waals surface area contributed by atoms with Crippen LogP contribution in [0.15, 0.2) is 22.8 Å². The first kappa shape index (κ1) is 6.36. The highest BCUT2D eigenvalue weighted by Crippen LogP contribution is 2.14. The van der Waals surface area contributed by atoms with Gasteiger partial charge >= 0.3 is 0 Å². The van der Waals surface area contributed by atoms with Gasteiger partial charge in [0.2, 0.25) is 0 Å². The summed E-state index contributed by atoms with van der Waals surface area (Å²) in [4.78, 5) is 0. The van der Waals surface area contributed by atoms with E-state index >= 15 is 0 Å². The quantitative estimate of drug-likeness (QED) is 0.586. The Hall–Kier alpha value is 0.240. The molecule has 1 rings (SSSR count). The Morgan fingerprint density at radius 2 is 2.38 bits per heavy atom. The second-order valence-corrected chi connectivity index (χ2v) is 3.31. The number of allylic oxidation sites excluding steroid dienone is 2. The van der Waals surface area contributed by atoms with Crippen LogP contribution in [0, 0.1) is 0 Å². The minimum atomic E-state index is 0.928. The Morgan fingerprint density at radius 3 is 2.75 bits per heavy atom. The zero-order valence-corrected chi connectivity index (χ0v) is 7.31. The second-order valence-electron chi connectivity index (χ2n) is 1.49. The van der Waals surface area contributed by atoms with Crippen molar-refractivity contribution in [1.29, 1.82) is 0 Å². The Kier molecular flexibility index (Phi) is 2.14. The monoisotopic (exact) mass is 237 g/mol. The van der Waals surface area contributed by atoms with Gasteiger partial charge in [0.1, 0.15) is 0 Å². The van der Waals surface area contributed by atoms with Gasteiger partial charge in [-0.05, 0) is 12.2 Å². The summed E-state index contributed by atoms with van der Waals surface area (Å²) in [5, 5.41) is 0. The van der Waals surface area contributed by atoms with Crippen LogP contribution in [0.1, 0.15) is 0 Å². The van der Waals surface area contributed by atoms with Crippen LogP contribution < -0.4 is 0 Å². The molecule has 0 unspecified atom stereocenters. The fourth-order valence-electron chi connectivity index (χ4n) is 0.455. The first-order valence-corrected chi connectivity index (χ1v) is 3.75. The van der Waals surface area contributed by atoms with Gasteiger partial charge in [0.25, 0.3) is 0 Å². The molecule has 1 aliphatic heterocycles. The predicted octanol–water partition coefficient (Wildman–Crippen LogP) is 2.40. The molecular weight excluding hydrogens is 234 g/mol. The van der Waals surface area contributed by atoms with E-state index in [4.69, 9.17) is 0 Å². The SMILES string of the molecule is BrC1=CCN(Br)C=C1. The third kappa shape index (κ3) is 1.63. The lowest BCUT2D eigenvalue weighted by Gasteiger charge is -2.10. The van der Waals surface area contributed by atoms with E-state index in [-0.39, 0.29) is 0 Å². The molecular formula is C5H5Br2N. The fourth-order valence-corrected chi connectivity index (χ4v) is 0.981. The molecule has 0 N–H and O–H groups in total. The van der Waals surface area contributed by atoms with Gasteiger partial charge < -0.3 is 3.93 Å². The lowest BCUT2D eigenvalue weighted by molar-refractivity contribution is 0.713. The third-order valence-corrected chi connectivity index (χ3v) is 1.97. The highest BCUT2D eigenvalue weighted by molar-refractivity contribution is 9.11. The summed E-state index contributed by atoms with van der Waals surface area (Å²) >= 11 is 6.64. The minimum Gasteiger partial charge on any atom is -0.312 e. The van der Waals surface area contributed by atoms with Crippen molar-refractivity contribution in [2.75, 3.05) is 6.54 Å². The molecule has 1 aliphatic rings. The van der Waals surface area contributed by atoms with Gasteiger partial charge in [-0.2, -0.15) is 0 Å². The average molecular weight is 239 g/mol. The van der Waals surface area contributed by atoms with Crippen molar-refractivity contribution in [3.8, 4) is 0 Å². The topological polar surface area (TPSA) is 3.24 Å². The van der Waals surface area contributed by atoms with Crippen molar-refractivity contribution >= 4 is 32.1 Å². The van der Waals surface area contributed by atoms with Crippen molar-refractivity contribution in [2.45, 2.75) is 0 Å². The molecule has 0 amide bonds. The van der Waals surface area contributed by atoms with E-state index in [1.54, 1.807) is 0 Å². The maximum atomic E-state index is 3.34. The highest BCUT2D eigenvalue weighted by atomic mass is 79.9. The number of hydrogen-bond donors (Lipinski definition) is 0. The first-order valence-electron chi connectivity index (χ1n) is 2.25.